The quantitative estimate of drug-likeness (QED) is 0.359. The van der Waals surface area contributed by atoms with Crippen LogP contribution in [-0.4, -0.2) is 17.2 Å². The fourth-order valence-corrected chi connectivity index (χ4v) is 4.18. The minimum atomic E-state index is -0.742. The SMILES string of the molecule is CC1(C)[C@@H]2CC[C@]1(C)[C@@H](OC(=O)Oc1ccc([N+](=O)[O-])cc1)C2. The largest absolute Gasteiger partial charge is 0.514 e. The van der Waals surface area contributed by atoms with Crippen LogP contribution in [0, 0.1) is 26.9 Å². The second-order valence-electron chi connectivity index (χ2n) is 7.32. The summed E-state index contributed by atoms with van der Waals surface area (Å²) in [5.74, 6) is 0.817. The minimum absolute atomic E-state index is 0.0217. The molecule has 0 N–H and O–H groups in total. The zero-order chi connectivity index (χ0) is 16.8. The second kappa shape index (κ2) is 5.22. The normalized spacial score (nSPS) is 30.9. The molecule has 0 heterocycles. The Hall–Kier alpha value is -2.11. The van der Waals surface area contributed by atoms with E-state index >= 15 is 0 Å². The van der Waals surface area contributed by atoms with Crippen molar-refractivity contribution in [3.8, 4) is 5.75 Å². The second-order valence-corrected chi connectivity index (χ2v) is 7.32. The number of ether oxygens (including phenoxy) is 2. The number of nitro groups is 1. The highest BCUT2D eigenvalue weighted by Crippen LogP contribution is 2.66. The highest BCUT2D eigenvalue weighted by molar-refractivity contribution is 5.64. The highest BCUT2D eigenvalue weighted by Gasteiger charge is 2.63. The summed E-state index contributed by atoms with van der Waals surface area (Å²) < 4.78 is 10.7. The zero-order valence-electron chi connectivity index (χ0n) is 13.6. The predicted octanol–water partition coefficient (Wildman–Crippen LogP) is 4.33. The van der Waals surface area contributed by atoms with Crippen molar-refractivity contribution in [1.29, 1.82) is 0 Å². The van der Waals surface area contributed by atoms with Crippen molar-refractivity contribution in [2.75, 3.05) is 0 Å². The fraction of sp³-hybridized carbons (Fsp3) is 0.588. The maximum absolute atomic E-state index is 12.0. The van der Waals surface area contributed by atoms with Crippen molar-refractivity contribution in [1.82, 2.24) is 0 Å². The van der Waals surface area contributed by atoms with Crippen LogP contribution in [0.4, 0.5) is 10.5 Å². The number of hydrogen-bond acceptors (Lipinski definition) is 5. The number of carbonyl (C=O) groups excluding carboxylic acids is 1. The Morgan fingerprint density at radius 3 is 2.39 bits per heavy atom. The molecule has 0 saturated heterocycles. The molecule has 2 saturated carbocycles. The molecule has 2 fully saturated rings. The van der Waals surface area contributed by atoms with Crippen molar-refractivity contribution in [3.63, 3.8) is 0 Å². The van der Waals surface area contributed by atoms with Crippen LogP contribution in [0.15, 0.2) is 24.3 Å². The van der Waals surface area contributed by atoms with Gasteiger partial charge >= 0.3 is 6.16 Å². The molecule has 0 aromatic heterocycles. The smallest absolute Gasteiger partial charge is 0.430 e. The van der Waals surface area contributed by atoms with E-state index in [9.17, 15) is 14.9 Å². The fourth-order valence-electron chi connectivity index (χ4n) is 4.18. The van der Waals surface area contributed by atoms with E-state index in [0.717, 1.165) is 12.8 Å². The molecule has 0 spiro atoms. The van der Waals surface area contributed by atoms with Crippen molar-refractivity contribution in [2.45, 2.75) is 46.1 Å². The molecule has 0 amide bonds. The predicted molar refractivity (Wildman–Crippen MR) is 83.2 cm³/mol. The molecular formula is C17H21NO5. The summed E-state index contributed by atoms with van der Waals surface area (Å²) in [5, 5.41) is 10.6. The lowest BCUT2D eigenvalue weighted by Crippen LogP contribution is -2.38. The third kappa shape index (κ3) is 2.46. The maximum Gasteiger partial charge on any atom is 0.514 e. The standard InChI is InChI=1S/C17H21NO5/c1-16(2)11-8-9-17(16,3)14(10-11)23-15(19)22-13-6-4-12(5-7-13)18(20)21/h4-7,11,14H,8-10H2,1-3H3/t11-,14+,17-/m1/s1. The van der Waals surface area contributed by atoms with Gasteiger partial charge in [-0.05, 0) is 42.7 Å². The Kier molecular flexibility index (Phi) is 3.58. The van der Waals surface area contributed by atoms with Gasteiger partial charge in [-0.15, -0.1) is 0 Å². The third-order valence-corrected chi connectivity index (χ3v) is 6.20. The molecule has 3 atom stereocenters. The summed E-state index contributed by atoms with van der Waals surface area (Å²) in [6.45, 7) is 6.68. The molecule has 23 heavy (non-hydrogen) atoms. The molecular weight excluding hydrogens is 298 g/mol. The number of fused-ring (bicyclic) bond motifs is 2. The Morgan fingerprint density at radius 1 is 1.26 bits per heavy atom. The summed E-state index contributed by atoms with van der Waals surface area (Å²) in [5.41, 5.74) is 0.0883. The molecule has 2 aliphatic rings. The first-order chi connectivity index (χ1) is 10.7. The molecule has 6 nitrogen and oxygen atoms in total. The van der Waals surface area contributed by atoms with Gasteiger partial charge in [0.05, 0.1) is 4.92 Å². The van der Waals surface area contributed by atoms with Crippen LogP contribution >= 0.6 is 0 Å². The Labute approximate surface area is 134 Å². The first kappa shape index (κ1) is 15.8. The van der Waals surface area contributed by atoms with Gasteiger partial charge in [-0.2, -0.15) is 0 Å². The topological polar surface area (TPSA) is 78.7 Å². The van der Waals surface area contributed by atoms with Gasteiger partial charge in [0.15, 0.2) is 0 Å². The maximum atomic E-state index is 12.0. The average molecular weight is 319 g/mol. The van der Waals surface area contributed by atoms with Gasteiger partial charge in [0.2, 0.25) is 0 Å². The number of nitrogens with zero attached hydrogens (tertiary/aromatic N) is 1. The van der Waals surface area contributed by atoms with Crippen LogP contribution in [0.5, 0.6) is 5.75 Å². The molecule has 0 unspecified atom stereocenters. The van der Waals surface area contributed by atoms with Crippen LogP contribution in [0.25, 0.3) is 0 Å². The van der Waals surface area contributed by atoms with E-state index in [1.54, 1.807) is 0 Å². The first-order valence-corrected chi connectivity index (χ1v) is 7.87. The minimum Gasteiger partial charge on any atom is -0.430 e. The lowest BCUT2D eigenvalue weighted by atomic mass is 9.70. The van der Waals surface area contributed by atoms with Gasteiger partial charge in [0, 0.05) is 17.5 Å². The number of hydrogen-bond donors (Lipinski definition) is 0. The highest BCUT2D eigenvalue weighted by atomic mass is 16.7. The van der Waals surface area contributed by atoms with Gasteiger partial charge in [0.25, 0.3) is 5.69 Å². The monoisotopic (exact) mass is 319 g/mol. The van der Waals surface area contributed by atoms with Gasteiger partial charge in [-0.1, -0.05) is 20.8 Å². The van der Waals surface area contributed by atoms with E-state index in [1.165, 1.54) is 30.7 Å². The Bertz CT molecular complexity index is 639. The Balaban J connectivity index is 1.63. The van der Waals surface area contributed by atoms with Crippen LogP contribution in [0.1, 0.15) is 40.0 Å². The van der Waals surface area contributed by atoms with Gasteiger partial charge in [-0.25, -0.2) is 4.79 Å². The summed E-state index contributed by atoms with van der Waals surface area (Å²) in [7, 11) is 0. The number of non-ortho nitro benzene ring substituents is 1. The van der Waals surface area contributed by atoms with E-state index in [2.05, 4.69) is 20.8 Å². The van der Waals surface area contributed by atoms with Crippen LogP contribution in [0.3, 0.4) is 0 Å². The molecule has 124 valence electrons. The molecule has 2 aliphatic carbocycles. The molecule has 6 heteroatoms. The molecule has 0 aliphatic heterocycles. The third-order valence-electron chi connectivity index (χ3n) is 6.20. The van der Waals surface area contributed by atoms with Crippen LogP contribution in [-0.2, 0) is 4.74 Å². The molecule has 2 bridgehead atoms. The number of nitro benzene ring substituents is 1. The van der Waals surface area contributed by atoms with Gasteiger partial charge in [-0.3, -0.25) is 10.1 Å². The van der Waals surface area contributed by atoms with Gasteiger partial charge < -0.3 is 9.47 Å². The number of rotatable bonds is 3. The lowest BCUT2D eigenvalue weighted by Gasteiger charge is -2.38. The van der Waals surface area contributed by atoms with Crippen LogP contribution < -0.4 is 4.74 Å². The molecule has 3 rings (SSSR count). The molecule has 1 aromatic rings. The lowest BCUT2D eigenvalue weighted by molar-refractivity contribution is -0.384. The van der Waals surface area contributed by atoms with Crippen molar-refractivity contribution >= 4 is 11.8 Å². The van der Waals surface area contributed by atoms with Crippen molar-refractivity contribution in [3.05, 3.63) is 34.4 Å². The summed E-state index contributed by atoms with van der Waals surface area (Å²) in [6.07, 6.45) is 2.23. The average Bonchev–Trinajstić information content (AvgIpc) is 2.81. The van der Waals surface area contributed by atoms with Crippen molar-refractivity contribution in [2.24, 2.45) is 16.7 Å². The van der Waals surface area contributed by atoms with E-state index < -0.39 is 11.1 Å². The van der Waals surface area contributed by atoms with E-state index in [-0.39, 0.29) is 28.4 Å². The van der Waals surface area contributed by atoms with Crippen LogP contribution in [0.2, 0.25) is 0 Å². The summed E-state index contributed by atoms with van der Waals surface area (Å²) in [4.78, 5) is 22.1. The van der Waals surface area contributed by atoms with E-state index in [4.69, 9.17) is 9.47 Å². The number of carbonyl (C=O) groups is 1. The summed E-state index contributed by atoms with van der Waals surface area (Å²) >= 11 is 0. The molecule has 1 aromatic carbocycles. The van der Waals surface area contributed by atoms with E-state index in [1.807, 2.05) is 0 Å². The van der Waals surface area contributed by atoms with E-state index in [0.29, 0.717) is 5.92 Å². The van der Waals surface area contributed by atoms with Crippen molar-refractivity contribution < 1.29 is 19.2 Å². The van der Waals surface area contributed by atoms with Gasteiger partial charge in [0.1, 0.15) is 11.9 Å². The summed E-state index contributed by atoms with van der Waals surface area (Å²) in [6, 6.07) is 5.38. The first-order valence-electron chi connectivity index (χ1n) is 7.87. The molecule has 0 radical (unpaired) electrons. The number of benzene rings is 1. The zero-order valence-corrected chi connectivity index (χ0v) is 13.6. The Morgan fingerprint density at radius 2 is 1.91 bits per heavy atom.